The summed E-state index contributed by atoms with van der Waals surface area (Å²) in [5.74, 6) is -1.11. The molecule has 1 heterocycles. The van der Waals surface area contributed by atoms with Crippen molar-refractivity contribution in [1.29, 1.82) is 0 Å². The van der Waals surface area contributed by atoms with Gasteiger partial charge in [-0.15, -0.1) is 0 Å². The van der Waals surface area contributed by atoms with Gasteiger partial charge >= 0.3 is 6.18 Å². The number of alkyl halides is 3. The van der Waals surface area contributed by atoms with Crippen molar-refractivity contribution in [3.8, 4) is 5.75 Å². The molecule has 0 aliphatic heterocycles. The molecule has 0 saturated carbocycles. The number of hydrogen-bond donors (Lipinski definition) is 2. The third-order valence-electron chi connectivity index (χ3n) is 3.58. The van der Waals surface area contributed by atoms with Crippen LogP contribution in [0.1, 0.15) is 41.1 Å². The molecule has 1 aromatic carbocycles. The van der Waals surface area contributed by atoms with Gasteiger partial charge in [-0.3, -0.25) is 14.3 Å². The molecule has 0 saturated heterocycles. The Bertz CT molecular complexity index is 834. The Labute approximate surface area is 159 Å². The second-order valence-corrected chi connectivity index (χ2v) is 5.89. The van der Waals surface area contributed by atoms with E-state index in [-0.39, 0.29) is 22.7 Å². The van der Waals surface area contributed by atoms with Gasteiger partial charge in [-0.05, 0) is 31.5 Å². The zero-order valence-corrected chi connectivity index (χ0v) is 15.5. The predicted octanol–water partition coefficient (Wildman–Crippen LogP) is 3.24. The molecule has 0 bridgehead atoms. The topological polar surface area (TPSA) is 85.3 Å². The molecule has 10 heteroatoms. The van der Waals surface area contributed by atoms with Crippen molar-refractivity contribution in [3.63, 3.8) is 0 Å². The average Bonchev–Trinajstić information content (AvgIpc) is 3.07. The van der Waals surface area contributed by atoms with Crippen LogP contribution in [0.25, 0.3) is 0 Å². The molecule has 0 fully saturated rings. The predicted molar refractivity (Wildman–Crippen MR) is 96.5 cm³/mol. The normalized spacial score (nSPS) is 11.2. The van der Waals surface area contributed by atoms with Crippen LogP contribution in [-0.4, -0.2) is 40.9 Å². The first kappa shape index (κ1) is 21.3. The molecule has 2 amide bonds. The van der Waals surface area contributed by atoms with Crippen LogP contribution in [0, 0.1) is 0 Å². The van der Waals surface area contributed by atoms with E-state index in [1.807, 2.05) is 13.8 Å². The Hall–Kier alpha value is -3.04. The summed E-state index contributed by atoms with van der Waals surface area (Å²) in [6, 6.07) is 5.35. The maximum atomic E-state index is 12.5. The van der Waals surface area contributed by atoms with Gasteiger partial charge in [0, 0.05) is 24.8 Å². The SMILES string of the molecule is CCCNC(=O)c1nn(CC)cc1NC(=O)c1cccc(OCC(F)(F)F)c1. The van der Waals surface area contributed by atoms with Gasteiger partial charge in [-0.2, -0.15) is 18.3 Å². The lowest BCUT2D eigenvalue weighted by Crippen LogP contribution is -2.26. The standard InChI is InChI=1S/C18H21F3N4O3/c1-3-8-22-17(27)15-14(10-25(4-2)24-15)23-16(26)12-6-5-7-13(9-12)28-11-18(19,20)21/h5-7,9-10H,3-4,8,11H2,1-2H3,(H,22,27)(H,23,26). The third kappa shape index (κ3) is 6.00. The zero-order chi connectivity index (χ0) is 20.7. The monoisotopic (exact) mass is 398 g/mol. The number of carbonyl (C=O) groups is 2. The summed E-state index contributed by atoms with van der Waals surface area (Å²) in [4.78, 5) is 24.7. The van der Waals surface area contributed by atoms with Gasteiger partial charge in [0.15, 0.2) is 12.3 Å². The van der Waals surface area contributed by atoms with Gasteiger partial charge < -0.3 is 15.4 Å². The number of carbonyl (C=O) groups excluding carboxylic acids is 2. The number of amides is 2. The molecular formula is C18H21F3N4O3. The van der Waals surface area contributed by atoms with Gasteiger partial charge in [0.25, 0.3) is 11.8 Å². The minimum atomic E-state index is -4.48. The van der Waals surface area contributed by atoms with Crippen molar-refractivity contribution in [2.24, 2.45) is 0 Å². The first-order valence-electron chi connectivity index (χ1n) is 8.70. The van der Waals surface area contributed by atoms with E-state index in [0.717, 1.165) is 6.42 Å². The maximum absolute atomic E-state index is 12.5. The molecule has 0 aliphatic carbocycles. The van der Waals surface area contributed by atoms with E-state index in [1.165, 1.54) is 35.1 Å². The fourth-order valence-electron chi connectivity index (χ4n) is 2.25. The van der Waals surface area contributed by atoms with Gasteiger partial charge in [-0.1, -0.05) is 13.0 Å². The van der Waals surface area contributed by atoms with Crippen LogP contribution in [0.2, 0.25) is 0 Å². The fraction of sp³-hybridized carbons (Fsp3) is 0.389. The average molecular weight is 398 g/mol. The Morgan fingerprint density at radius 2 is 1.96 bits per heavy atom. The van der Waals surface area contributed by atoms with Crippen LogP contribution >= 0.6 is 0 Å². The van der Waals surface area contributed by atoms with Crippen molar-refractivity contribution in [2.45, 2.75) is 33.0 Å². The van der Waals surface area contributed by atoms with Crippen LogP contribution in [0.4, 0.5) is 18.9 Å². The number of anilines is 1. The van der Waals surface area contributed by atoms with E-state index < -0.39 is 24.6 Å². The molecule has 2 aromatic rings. The lowest BCUT2D eigenvalue weighted by atomic mass is 10.2. The molecule has 0 aliphatic rings. The highest BCUT2D eigenvalue weighted by atomic mass is 19.4. The molecule has 0 radical (unpaired) electrons. The zero-order valence-electron chi connectivity index (χ0n) is 15.5. The number of rotatable bonds is 8. The summed E-state index contributed by atoms with van der Waals surface area (Å²) in [5.41, 5.74) is 0.360. The van der Waals surface area contributed by atoms with Gasteiger partial charge in [0.2, 0.25) is 0 Å². The Morgan fingerprint density at radius 3 is 2.61 bits per heavy atom. The lowest BCUT2D eigenvalue weighted by molar-refractivity contribution is -0.153. The number of aryl methyl sites for hydroxylation is 1. The van der Waals surface area contributed by atoms with E-state index in [1.54, 1.807) is 0 Å². The highest BCUT2D eigenvalue weighted by Gasteiger charge is 2.28. The number of nitrogens with zero attached hydrogens (tertiary/aromatic N) is 2. The molecule has 0 atom stereocenters. The van der Waals surface area contributed by atoms with Crippen molar-refractivity contribution >= 4 is 17.5 Å². The van der Waals surface area contributed by atoms with Gasteiger partial charge in [-0.25, -0.2) is 0 Å². The third-order valence-corrected chi connectivity index (χ3v) is 3.58. The lowest BCUT2D eigenvalue weighted by Gasteiger charge is -2.10. The summed E-state index contributed by atoms with van der Waals surface area (Å²) in [5, 5.41) is 9.41. The summed E-state index contributed by atoms with van der Waals surface area (Å²) in [6.45, 7) is 3.23. The van der Waals surface area contributed by atoms with Crippen LogP contribution in [0.5, 0.6) is 5.75 Å². The molecule has 28 heavy (non-hydrogen) atoms. The highest BCUT2D eigenvalue weighted by Crippen LogP contribution is 2.21. The molecule has 2 N–H and O–H groups in total. The first-order valence-corrected chi connectivity index (χ1v) is 8.70. The number of ether oxygens (including phenoxy) is 1. The van der Waals surface area contributed by atoms with Crippen LogP contribution in [0.3, 0.4) is 0 Å². The Balaban J connectivity index is 2.16. The quantitative estimate of drug-likeness (QED) is 0.715. The van der Waals surface area contributed by atoms with Gasteiger partial charge in [0.1, 0.15) is 5.75 Å². The largest absolute Gasteiger partial charge is 0.484 e. The molecule has 0 spiro atoms. The molecule has 1 aromatic heterocycles. The number of hydrogen-bond acceptors (Lipinski definition) is 4. The van der Waals surface area contributed by atoms with E-state index in [2.05, 4.69) is 20.5 Å². The molecule has 2 rings (SSSR count). The summed E-state index contributed by atoms with van der Waals surface area (Å²) in [6.07, 6.45) is -2.22. The minimum Gasteiger partial charge on any atom is -0.484 e. The van der Waals surface area contributed by atoms with Crippen molar-refractivity contribution in [2.75, 3.05) is 18.5 Å². The fourth-order valence-corrected chi connectivity index (χ4v) is 2.25. The summed E-state index contributed by atoms with van der Waals surface area (Å²) < 4.78 is 43.0. The van der Waals surface area contributed by atoms with E-state index >= 15 is 0 Å². The number of benzene rings is 1. The van der Waals surface area contributed by atoms with Crippen LogP contribution in [0.15, 0.2) is 30.5 Å². The van der Waals surface area contributed by atoms with Crippen molar-refractivity contribution in [3.05, 3.63) is 41.7 Å². The minimum absolute atomic E-state index is 0.0631. The molecule has 7 nitrogen and oxygen atoms in total. The van der Waals surface area contributed by atoms with Crippen LogP contribution in [-0.2, 0) is 6.54 Å². The smallest absolute Gasteiger partial charge is 0.422 e. The molecular weight excluding hydrogens is 377 g/mol. The number of aromatic nitrogens is 2. The number of halogens is 3. The molecule has 152 valence electrons. The Morgan fingerprint density at radius 1 is 1.21 bits per heavy atom. The highest BCUT2D eigenvalue weighted by molar-refractivity contribution is 6.08. The van der Waals surface area contributed by atoms with Crippen LogP contribution < -0.4 is 15.4 Å². The second kappa shape index (κ2) is 9.25. The second-order valence-electron chi connectivity index (χ2n) is 5.89. The summed E-state index contributed by atoms with van der Waals surface area (Å²) in [7, 11) is 0. The van der Waals surface area contributed by atoms with Crippen molar-refractivity contribution < 1.29 is 27.5 Å². The van der Waals surface area contributed by atoms with Gasteiger partial charge in [0.05, 0.1) is 5.69 Å². The number of nitrogens with one attached hydrogen (secondary N) is 2. The maximum Gasteiger partial charge on any atom is 0.422 e. The van der Waals surface area contributed by atoms with E-state index in [0.29, 0.717) is 13.1 Å². The first-order chi connectivity index (χ1) is 13.2. The van der Waals surface area contributed by atoms with E-state index in [9.17, 15) is 22.8 Å². The summed E-state index contributed by atoms with van der Waals surface area (Å²) >= 11 is 0. The molecule has 0 unspecified atom stereocenters. The van der Waals surface area contributed by atoms with E-state index in [4.69, 9.17) is 0 Å². The van der Waals surface area contributed by atoms with Crippen molar-refractivity contribution in [1.82, 2.24) is 15.1 Å². The Kier molecular flexibility index (Phi) is 7.02.